The molecule has 2 aromatic rings. The largest absolute Gasteiger partial charge is 0.369 e. The second-order valence-corrected chi connectivity index (χ2v) is 9.44. The number of carbonyl (C=O) groups is 1. The zero-order valence-electron chi connectivity index (χ0n) is 14.2. The molecule has 1 N–H and O–H groups in total. The van der Waals surface area contributed by atoms with Gasteiger partial charge < -0.3 is 10.2 Å². The van der Waals surface area contributed by atoms with Crippen LogP contribution in [0.15, 0.2) is 40.6 Å². The van der Waals surface area contributed by atoms with E-state index in [2.05, 4.69) is 10.2 Å². The van der Waals surface area contributed by atoms with Crippen molar-refractivity contribution >= 4 is 38.6 Å². The third kappa shape index (κ3) is 4.02. The Morgan fingerprint density at radius 3 is 2.44 bits per heavy atom. The van der Waals surface area contributed by atoms with Crippen molar-refractivity contribution < 1.29 is 13.2 Å². The van der Waals surface area contributed by atoms with Gasteiger partial charge in [-0.3, -0.25) is 4.79 Å². The number of carbonyl (C=O) groups excluding carboxylic acids is 1. The zero-order valence-corrected chi connectivity index (χ0v) is 15.9. The van der Waals surface area contributed by atoms with Crippen molar-refractivity contribution in [1.82, 2.24) is 4.31 Å². The van der Waals surface area contributed by atoms with E-state index >= 15 is 0 Å². The average Bonchev–Trinajstić information content (AvgIpc) is 3.02. The Morgan fingerprint density at radius 2 is 1.84 bits per heavy atom. The summed E-state index contributed by atoms with van der Waals surface area (Å²) in [5.41, 5.74) is 1.73. The first-order valence-corrected chi connectivity index (χ1v) is 10.3. The molecule has 0 saturated carbocycles. The molecule has 0 bridgehead atoms. The van der Waals surface area contributed by atoms with Crippen LogP contribution >= 0.6 is 11.3 Å². The number of hydrogen-bond acceptors (Lipinski definition) is 5. The molecule has 2 heterocycles. The van der Waals surface area contributed by atoms with Crippen molar-refractivity contribution in [3.8, 4) is 0 Å². The highest BCUT2D eigenvalue weighted by atomic mass is 32.2. The number of benzene rings is 1. The molecule has 25 heavy (non-hydrogen) atoms. The minimum atomic E-state index is -3.40. The van der Waals surface area contributed by atoms with E-state index in [9.17, 15) is 13.2 Å². The third-order valence-electron chi connectivity index (χ3n) is 4.08. The number of amides is 1. The highest BCUT2D eigenvalue weighted by Gasteiger charge is 2.29. The van der Waals surface area contributed by atoms with Crippen LogP contribution in [0.2, 0.25) is 0 Å². The monoisotopic (exact) mass is 379 g/mol. The summed E-state index contributed by atoms with van der Waals surface area (Å²) in [6, 6.07) is 11.1. The van der Waals surface area contributed by atoms with Crippen molar-refractivity contribution in [2.24, 2.45) is 0 Å². The predicted octanol–water partition coefficient (Wildman–Crippen LogP) is 2.53. The van der Waals surface area contributed by atoms with E-state index in [0.717, 1.165) is 16.3 Å². The Hall–Kier alpha value is -1.90. The number of sulfonamides is 1. The molecule has 6 nitrogen and oxygen atoms in total. The number of hydrogen-bond donors (Lipinski definition) is 1. The quantitative estimate of drug-likeness (QED) is 0.886. The van der Waals surface area contributed by atoms with Gasteiger partial charge in [0.1, 0.15) is 4.21 Å². The Bertz CT molecular complexity index is 869. The normalized spacial score (nSPS) is 16.0. The lowest BCUT2D eigenvalue weighted by Crippen LogP contribution is -2.48. The summed E-state index contributed by atoms with van der Waals surface area (Å²) in [5.74, 6) is -0.112. The van der Waals surface area contributed by atoms with E-state index in [-0.39, 0.29) is 5.91 Å². The molecule has 0 aliphatic carbocycles. The third-order valence-corrected chi connectivity index (χ3v) is 7.45. The van der Waals surface area contributed by atoms with Gasteiger partial charge in [0.05, 0.1) is 0 Å². The van der Waals surface area contributed by atoms with E-state index in [1.54, 1.807) is 10.4 Å². The molecule has 1 amide bonds. The molecule has 1 aliphatic heterocycles. The summed E-state index contributed by atoms with van der Waals surface area (Å²) in [6.07, 6.45) is 0. The van der Waals surface area contributed by atoms with Crippen LogP contribution in [0.1, 0.15) is 11.8 Å². The Morgan fingerprint density at radius 1 is 1.12 bits per heavy atom. The molecule has 3 rings (SSSR count). The average molecular weight is 380 g/mol. The van der Waals surface area contributed by atoms with Gasteiger partial charge in [-0.25, -0.2) is 8.42 Å². The number of piperazine rings is 1. The van der Waals surface area contributed by atoms with Crippen LogP contribution < -0.4 is 10.2 Å². The molecular formula is C17H21N3O3S2. The fourth-order valence-electron chi connectivity index (χ4n) is 2.85. The van der Waals surface area contributed by atoms with Crippen LogP contribution in [0.5, 0.6) is 0 Å². The number of anilines is 2. The summed E-state index contributed by atoms with van der Waals surface area (Å²) < 4.78 is 27.3. The van der Waals surface area contributed by atoms with Crippen LogP contribution in [0.25, 0.3) is 0 Å². The van der Waals surface area contributed by atoms with E-state index in [0.29, 0.717) is 30.4 Å². The fraction of sp³-hybridized carbons (Fsp3) is 0.353. The first kappa shape index (κ1) is 17.9. The molecule has 134 valence electrons. The topological polar surface area (TPSA) is 69.7 Å². The van der Waals surface area contributed by atoms with Gasteiger partial charge in [0.25, 0.3) is 10.0 Å². The van der Waals surface area contributed by atoms with Crippen LogP contribution in [-0.2, 0) is 14.8 Å². The molecule has 0 spiro atoms. The van der Waals surface area contributed by atoms with Gasteiger partial charge >= 0.3 is 0 Å². The van der Waals surface area contributed by atoms with Gasteiger partial charge in [-0.1, -0.05) is 6.07 Å². The van der Waals surface area contributed by atoms with Crippen molar-refractivity contribution in [3.05, 3.63) is 41.3 Å². The lowest BCUT2D eigenvalue weighted by Gasteiger charge is -2.35. The molecule has 1 aliphatic rings. The number of nitrogens with one attached hydrogen (secondary N) is 1. The molecule has 1 aromatic carbocycles. The second-order valence-electron chi connectivity index (χ2n) is 5.99. The molecule has 1 saturated heterocycles. The van der Waals surface area contributed by atoms with Crippen molar-refractivity contribution in [1.29, 1.82) is 0 Å². The van der Waals surface area contributed by atoms with Crippen LogP contribution in [0.4, 0.5) is 11.4 Å². The van der Waals surface area contributed by atoms with E-state index in [1.165, 1.54) is 18.3 Å². The number of nitrogens with zero attached hydrogens (tertiary/aromatic N) is 2. The van der Waals surface area contributed by atoms with Gasteiger partial charge in [0.2, 0.25) is 5.91 Å². The van der Waals surface area contributed by atoms with Gasteiger partial charge in [-0.05, 0) is 37.3 Å². The summed E-state index contributed by atoms with van der Waals surface area (Å²) in [7, 11) is -3.40. The highest BCUT2D eigenvalue weighted by Crippen LogP contribution is 2.27. The van der Waals surface area contributed by atoms with Crippen molar-refractivity contribution in [3.63, 3.8) is 0 Å². The molecule has 0 atom stereocenters. The van der Waals surface area contributed by atoms with Gasteiger partial charge in [0, 0.05) is 49.4 Å². The lowest BCUT2D eigenvalue weighted by molar-refractivity contribution is -0.114. The second kappa shape index (κ2) is 7.15. The van der Waals surface area contributed by atoms with Crippen LogP contribution in [0.3, 0.4) is 0 Å². The van der Waals surface area contributed by atoms with Crippen molar-refractivity contribution in [2.75, 3.05) is 36.4 Å². The number of aryl methyl sites for hydroxylation is 1. The summed E-state index contributed by atoms with van der Waals surface area (Å²) in [5, 5.41) is 2.77. The van der Waals surface area contributed by atoms with E-state index in [4.69, 9.17) is 0 Å². The fourth-order valence-corrected chi connectivity index (χ4v) is 5.71. The van der Waals surface area contributed by atoms with E-state index in [1.807, 2.05) is 37.3 Å². The smallest absolute Gasteiger partial charge is 0.252 e. The minimum Gasteiger partial charge on any atom is -0.369 e. The number of rotatable bonds is 4. The molecule has 0 unspecified atom stereocenters. The first-order chi connectivity index (χ1) is 11.9. The van der Waals surface area contributed by atoms with Gasteiger partial charge in [0.15, 0.2) is 0 Å². The molecule has 1 aromatic heterocycles. The Labute approximate surface area is 152 Å². The molecule has 1 fully saturated rings. The predicted molar refractivity (Wildman–Crippen MR) is 101 cm³/mol. The summed E-state index contributed by atoms with van der Waals surface area (Å²) in [6.45, 7) is 5.51. The highest BCUT2D eigenvalue weighted by molar-refractivity contribution is 7.91. The standard InChI is InChI=1S/C17H21N3O3S2/c1-13-6-7-17(24-13)25(22,23)20-10-8-19(9-11-20)16-5-3-4-15(12-16)18-14(2)21/h3-7,12H,8-11H2,1-2H3,(H,18,21). The summed E-state index contributed by atoms with van der Waals surface area (Å²) >= 11 is 1.31. The van der Waals surface area contributed by atoms with Gasteiger partial charge in [-0.2, -0.15) is 4.31 Å². The molecule has 8 heteroatoms. The lowest BCUT2D eigenvalue weighted by atomic mass is 10.2. The zero-order chi connectivity index (χ0) is 18.0. The maximum Gasteiger partial charge on any atom is 0.252 e. The molecular weight excluding hydrogens is 358 g/mol. The maximum absolute atomic E-state index is 12.7. The molecule has 0 radical (unpaired) electrons. The minimum absolute atomic E-state index is 0.112. The number of thiophene rings is 1. The SMILES string of the molecule is CC(=O)Nc1cccc(N2CCN(S(=O)(=O)c3ccc(C)s3)CC2)c1. The Kier molecular flexibility index (Phi) is 5.12. The van der Waals surface area contributed by atoms with Gasteiger partial charge in [-0.15, -0.1) is 11.3 Å². The summed E-state index contributed by atoms with van der Waals surface area (Å²) in [4.78, 5) is 14.3. The van der Waals surface area contributed by atoms with E-state index < -0.39 is 10.0 Å². The van der Waals surface area contributed by atoms with Crippen LogP contribution in [0, 0.1) is 6.92 Å². The maximum atomic E-state index is 12.7. The van der Waals surface area contributed by atoms with Crippen molar-refractivity contribution in [2.45, 2.75) is 18.1 Å². The first-order valence-electron chi connectivity index (χ1n) is 8.05. The van der Waals surface area contributed by atoms with Crippen LogP contribution in [-0.4, -0.2) is 44.8 Å². The Balaban J connectivity index is 1.69.